The van der Waals surface area contributed by atoms with Crippen molar-refractivity contribution in [3.05, 3.63) is 52.2 Å². The Morgan fingerprint density at radius 3 is 2.71 bits per heavy atom. The van der Waals surface area contributed by atoms with Gasteiger partial charge in [0, 0.05) is 36.3 Å². The van der Waals surface area contributed by atoms with Gasteiger partial charge in [0.2, 0.25) is 5.91 Å². The molecule has 2 heterocycles. The van der Waals surface area contributed by atoms with E-state index in [2.05, 4.69) is 10.2 Å². The van der Waals surface area contributed by atoms with E-state index in [0.29, 0.717) is 18.7 Å². The molecular weight excluding hydrogens is 322 g/mol. The van der Waals surface area contributed by atoms with Crippen LogP contribution in [-0.4, -0.2) is 24.9 Å². The van der Waals surface area contributed by atoms with Gasteiger partial charge in [0.15, 0.2) is 0 Å². The number of amides is 2. The highest BCUT2D eigenvalue weighted by Crippen LogP contribution is 2.23. The lowest BCUT2D eigenvalue weighted by atomic mass is 9.97. The highest BCUT2D eigenvalue weighted by molar-refractivity contribution is 7.08. The lowest BCUT2D eigenvalue weighted by Crippen LogP contribution is -2.41. The molecule has 1 aromatic heterocycles. The first-order valence-electron chi connectivity index (χ1n) is 8.07. The summed E-state index contributed by atoms with van der Waals surface area (Å²) in [6, 6.07) is 9.91. The number of nitrogens with two attached hydrogens (primary N) is 1. The van der Waals surface area contributed by atoms with Crippen molar-refractivity contribution in [1.29, 1.82) is 0 Å². The third-order valence-corrected chi connectivity index (χ3v) is 5.04. The van der Waals surface area contributed by atoms with E-state index in [0.717, 1.165) is 30.6 Å². The molecule has 0 unspecified atom stereocenters. The molecule has 1 aromatic carbocycles. The number of hydrogen-bond acceptors (Lipinski definition) is 4. The van der Waals surface area contributed by atoms with Gasteiger partial charge < -0.3 is 16.0 Å². The topological polar surface area (TPSA) is 75.4 Å². The average Bonchev–Trinajstić information content (AvgIpc) is 3.15. The summed E-state index contributed by atoms with van der Waals surface area (Å²) in [5.74, 6) is -0.337. The normalized spacial score (nSPS) is 17.5. The van der Waals surface area contributed by atoms with E-state index in [4.69, 9.17) is 5.73 Å². The zero-order valence-electron chi connectivity index (χ0n) is 13.4. The molecular formula is C18H21N3O2S. The third kappa shape index (κ3) is 3.94. The molecule has 24 heavy (non-hydrogen) atoms. The second-order valence-corrected chi connectivity index (χ2v) is 6.83. The molecule has 6 heteroatoms. The molecule has 126 valence electrons. The summed E-state index contributed by atoms with van der Waals surface area (Å²) in [4.78, 5) is 25.5. The number of thiophene rings is 1. The zero-order valence-corrected chi connectivity index (χ0v) is 14.2. The summed E-state index contributed by atoms with van der Waals surface area (Å²) in [6.07, 6.45) is 1.85. The van der Waals surface area contributed by atoms with Gasteiger partial charge in [-0.2, -0.15) is 11.3 Å². The summed E-state index contributed by atoms with van der Waals surface area (Å²) in [5.41, 5.74) is 8.27. The molecule has 0 radical (unpaired) electrons. The van der Waals surface area contributed by atoms with Gasteiger partial charge in [-0.25, -0.2) is 0 Å². The van der Waals surface area contributed by atoms with Crippen LogP contribution in [0.4, 0.5) is 5.69 Å². The van der Waals surface area contributed by atoms with E-state index >= 15 is 0 Å². The van der Waals surface area contributed by atoms with Gasteiger partial charge in [0.25, 0.3) is 5.91 Å². The van der Waals surface area contributed by atoms with Gasteiger partial charge in [0.1, 0.15) is 0 Å². The van der Waals surface area contributed by atoms with E-state index < -0.39 is 0 Å². The molecule has 1 atom stereocenters. The molecule has 0 saturated carbocycles. The average molecular weight is 343 g/mol. The van der Waals surface area contributed by atoms with Crippen LogP contribution >= 0.6 is 11.3 Å². The molecule has 0 bridgehead atoms. The second kappa shape index (κ2) is 7.49. The smallest absolute Gasteiger partial charge is 0.252 e. The molecule has 1 aliphatic heterocycles. The van der Waals surface area contributed by atoms with E-state index in [1.165, 1.54) is 11.3 Å². The Kier molecular flexibility index (Phi) is 5.15. The first kappa shape index (κ1) is 16.5. The van der Waals surface area contributed by atoms with Crippen molar-refractivity contribution in [3.63, 3.8) is 0 Å². The molecule has 0 aliphatic carbocycles. The van der Waals surface area contributed by atoms with Gasteiger partial charge in [-0.3, -0.25) is 9.59 Å². The van der Waals surface area contributed by atoms with E-state index in [1.54, 1.807) is 0 Å². The van der Waals surface area contributed by atoms with Crippen LogP contribution in [0.1, 0.15) is 28.8 Å². The fraction of sp³-hybridized carbons (Fsp3) is 0.333. The number of rotatable bonds is 5. The predicted molar refractivity (Wildman–Crippen MR) is 96.1 cm³/mol. The Hall–Kier alpha value is -2.34. The van der Waals surface area contributed by atoms with Crippen LogP contribution in [0.3, 0.4) is 0 Å². The SMILES string of the molecule is NC(=O)[C@H]1CCCN(c2ccc(CNC(=O)c3ccsc3)cc2)C1. The van der Waals surface area contributed by atoms with Crippen LogP contribution in [0.2, 0.25) is 0 Å². The fourth-order valence-corrected chi connectivity index (χ4v) is 3.58. The number of primary amides is 1. The van der Waals surface area contributed by atoms with Crippen LogP contribution in [0, 0.1) is 5.92 Å². The predicted octanol–water partition coefficient (Wildman–Crippen LogP) is 2.38. The lowest BCUT2D eigenvalue weighted by Gasteiger charge is -2.33. The molecule has 1 aliphatic rings. The third-order valence-electron chi connectivity index (χ3n) is 4.36. The van der Waals surface area contributed by atoms with Gasteiger partial charge in [-0.05, 0) is 42.0 Å². The van der Waals surface area contributed by atoms with E-state index in [-0.39, 0.29) is 17.7 Å². The zero-order chi connectivity index (χ0) is 16.9. The van der Waals surface area contributed by atoms with Crippen molar-refractivity contribution in [2.45, 2.75) is 19.4 Å². The van der Waals surface area contributed by atoms with E-state index in [9.17, 15) is 9.59 Å². The van der Waals surface area contributed by atoms with Gasteiger partial charge in [-0.1, -0.05) is 12.1 Å². The van der Waals surface area contributed by atoms with Crippen molar-refractivity contribution in [3.8, 4) is 0 Å². The maximum absolute atomic E-state index is 11.9. The highest BCUT2D eigenvalue weighted by Gasteiger charge is 2.23. The van der Waals surface area contributed by atoms with Crippen molar-refractivity contribution in [1.82, 2.24) is 5.32 Å². The number of nitrogens with one attached hydrogen (secondary N) is 1. The number of nitrogens with zero attached hydrogens (tertiary/aromatic N) is 1. The maximum Gasteiger partial charge on any atom is 0.252 e. The van der Waals surface area contributed by atoms with Gasteiger partial charge in [-0.15, -0.1) is 0 Å². The summed E-state index contributed by atoms with van der Waals surface area (Å²) >= 11 is 1.51. The Labute approximate surface area is 145 Å². The van der Waals surface area contributed by atoms with Crippen molar-refractivity contribution < 1.29 is 9.59 Å². The summed E-state index contributed by atoms with van der Waals surface area (Å²) in [6.45, 7) is 2.13. The number of hydrogen-bond donors (Lipinski definition) is 2. The number of benzene rings is 1. The van der Waals surface area contributed by atoms with Crippen molar-refractivity contribution >= 4 is 28.8 Å². The molecule has 3 N–H and O–H groups in total. The second-order valence-electron chi connectivity index (χ2n) is 6.05. The minimum atomic E-state index is -0.215. The number of carbonyl (C=O) groups excluding carboxylic acids is 2. The number of piperidine rings is 1. The summed E-state index contributed by atoms with van der Waals surface area (Å²) in [5, 5.41) is 6.64. The fourth-order valence-electron chi connectivity index (χ4n) is 2.95. The number of carbonyl (C=O) groups is 2. The minimum absolute atomic E-state index is 0.0549. The van der Waals surface area contributed by atoms with Crippen LogP contribution in [-0.2, 0) is 11.3 Å². The molecule has 1 saturated heterocycles. The first-order chi connectivity index (χ1) is 11.6. The van der Waals surface area contributed by atoms with Gasteiger partial charge >= 0.3 is 0 Å². The Balaban J connectivity index is 1.57. The Morgan fingerprint density at radius 2 is 2.04 bits per heavy atom. The summed E-state index contributed by atoms with van der Waals surface area (Å²) < 4.78 is 0. The lowest BCUT2D eigenvalue weighted by molar-refractivity contribution is -0.122. The molecule has 3 rings (SSSR count). The highest BCUT2D eigenvalue weighted by atomic mass is 32.1. The van der Waals surface area contributed by atoms with Gasteiger partial charge in [0.05, 0.1) is 5.92 Å². The Bertz CT molecular complexity index is 698. The molecule has 1 fully saturated rings. The molecule has 2 amide bonds. The minimum Gasteiger partial charge on any atom is -0.371 e. The monoisotopic (exact) mass is 343 g/mol. The van der Waals surface area contributed by atoms with Crippen molar-refractivity contribution in [2.24, 2.45) is 11.7 Å². The van der Waals surface area contributed by atoms with E-state index in [1.807, 2.05) is 41.1 Å². The first-order valence-corrected chi connectivity index (χ1v) is 9.01. The van der Waals surface area contributed by atoms with Crippen molar-refractivity contribution in [2.75, 3.05) is 18.0 Å². The Morgan fingerprint density at radius 1 is 1.25 bits per heavy atom. The largest absolute Gasteiger partial charge is 0.371 e. The molecule has 5 nitrogen and oxygen atoms in total. The standard InChI is InChI=1S/C18H21N3O2S/c19-17(22)14-2-1-8-21(11-14)16-5-3-13(4-6-16)10-20-18(23)15-7-9-24-12-15/h3-7,9,12,14H,1-2,8,10-11H2,(H2,19,22)(H,20,23)/t14-/m0/s1. The molecule has 2 aromatic rings. The van der Waals surface area contributed by atoms with Crippen LogP contribution < -0.4 is 16.0 Å². The van der Waals surface area contributed by atoms with Crippen LogP contribution in [0.25, 0.3) is 0 Å². The number of anilines is 1. The van der Waals surface area contributed by atoms with Crippen LogP contribution in [0.5, 0.6) is 0 Å². The molecule has 0 spiro atoms. The quantitative estimate of drug-likeness (QED) is 0.875. The summed E-state index contributed by atoms with van der Waals surface area (Å²) in [7, 11) is 0. The maximum atomic E-state index is 11.9. The van der Waals surface area contributed by atoms with Crippen LogP contribution in [0.15, 0.2) is 41.1 Å².